The summed E-state index contributed by atoms with van der Waals surface area (Å²) in [4.78, 5) is 10.8. The molecule has 0 amide bonds. The number of halogens is 4. The molecule has 0 aliphatic carbocycles. The van der Waals surface area contributed by atoms with E-state index in [-0.39, 0.29) is 12.2 Å². The number of benzene rings is 2. The van der Waals surface area contributed by atoms with Gasteiger partial charge < -0.3 is 10.4 Å². The van der Waals surface area contributed by atoms with Crippen LogP contribution in [0, 0.1) is 11.6 Å². The molecule has 2 aromatic rings. The summed E-state index contributed by atoms with van der Waals surface area (Å²) in [6, 6.07) is 6.30. The van der Waals surface area contributed by atoms with Gasteiger partial charge in [0.1, 0.15) is 11.6 Å². The molecule has 2 rings (SSSR count). The molecule has 0 aromatic heterocycles. The van der Waals surface area contributed by atoms with Crippen molar-refractivity contribution in [3.63, 3.8) is 0 Å². The minimum Gasteiger partial charge on any atom is -0.478 e. The Morgan fingerprint density at radius 1 is 1.10 bits per heavy atom. The SMILES string of the molecule is O=C(O)c1cc(NCc2ccc(Cl)c(Cl)c2)c(F)cc1F. The molecule has 0 radical (unpaired) electrons. The van der Waals surface area contributed by atoms with Crippen LogP contribution in [0.4, 0.5) is 14.5 Å². The molecule has 3 nitrogen and oxygen atoms in total. The van der Waals surface area contributed by atoms with Crippen LogP contribution in [0.3, 0.4) is 0 Å². The largest absolute Gasteiger partial charge is 0.478 e. The van der Waals surface area contributed by atoms with Gasteiger partial charge in [-0.05, 0) is 23.8 Å². The quantitative estimate of drug-likeness (QED) is 0.861. The Balaban J connectivity index is 2.21. The fraction of sp³-hybridized carbons (Fsp3) is 0.0714. The van der Waals surface area contributed by atoms with Crippen molar-refractivity contribution in [2.24, 2.45) is 0 Å². The first-order valence-electron chi connectivity index (χ1n) is 5.78. The summed E-state index contributed by atoms with van der Waals surface area (Å²) >= 11 is 11.6. The van der Waals surface area contributed by atoms with Crippen molar-refractivity contribution in [3.05, 3.63) is 63.1 Å². The molecule has 21 heavy (non-hydrogen) atoms. The maximum Gasteiger partial charge on any atom is 0.338 e. The molecule has 0 spiro atoms. The number of nitrogens with one attached hydrogen (secondary N) is 1. The number of anilines is 1. The first-order valence-corrected chi connectivity index (χ1v) is 6.54. The highest BCUT2D eigenvalue weighted by atomic mass is 35.5. The summed E-state index contributed by atoms with van der Waals surface area (Å²) in [6.45, 7) is 0.179. The predicted molar refractivity (Wildman–Crippen MR) is 77.1 cm³/mol. The van der Waals surface area contributed by atoms with Crippen LogP contribution < -0.4 is 5.32 Å². The first kappa shape index (κ1) is 15.5. The van der Waals surface area contributed by atoms with Gasteiger partial charge >= 0.3 is 5.97 Å². The summed E-state index contributed by atoms with van der Waals surface area (Å²) in [5.74, 6) is -3.47. The molecular weight excluding hydrogens is 323 g/mol. The second kappa shape index (κ2) is 6.28. The Morgan fingerprint density at radius 3 is 2.43 bits per heavy atom. The van der Waals surface area contributed by atoms with Gasteiger partial charge in [-0.15, -0.1) is 0 Å². The van der Waals surface area contributed by atoms with E-state index in [1.54, 1.807) is 18.2 Å². The van der Waals surface area contributed by atoms with E-state index in [4.69, 9.17) is 28.3 Å². The maximum absolute atomic E-state index is 13.6. The van der Waals surface area contributed by atoms with Crippen molar-refractivity contribution in [1.29, 1.82) is 0 Å². The highest BCUT2D eigenvalue weighted by Crippen LogP contribution is 2.24. The lowest BCUT2D eigenvalue weighted by Gasteiger charge is -2.10. The van der Waals surface area contributed by atoms with Crippen LogP contribution >= 0.6 is 23.2 Å². The summed E-state index contributed by atoms with van der Waals surface area (Å²) in [7, 11) is 0. The van der Waals surface area contributed by atoms with Crippen LogP contribution in [0.5, 0.6) is 0 Å². The number of carboxylic acid groups (broad SMARTS) is 1. The first-order chi connectivity index (χ1) is 9.88. The molecule has 0 saturated carbocycles. The average molecular weight is 332 g/mol. The Hall–Kier alpha value is -1.85. The molecule has 0 aliphatic rings. The minimum atomic E-state index is -1.47. The monoisotopic (exact) mass is 331 g/mol. The van der Waals surface area contributed by atoms with E-state index in [9.17, 15) is 13.6 Å². The van der Waals surface area contributed by atoms with Crippen molar-refractivity contribution >= 4 is 34.9 Å². The van der Waals surface area contributed by atoms with Crippen LogP contribution in [0.15, 0.2) is 30.3 Å². The lowest BCUT2D eigenvalue weighted by molar-refractivity contribution is 0.0692. The van der Waals surface area contributed by atoms with Crippen molar-refractivity contribution in [2.75, 3.05) is 5.32 Å². The van der Waals surface area contributed by atoms with Crippen LogP contribution in [0.2, 0.25) is 10.0 Å². The zero-order chi connectivity index (χ0) is 15.6. The highest BCUT2D eigenvalue weighted by molar-refractivity contribution is 6.42. The minimum absolute atomic E-state index is 0.111. The normalized spacial score (nSPS) is 10.5. The van der Waals surface area contributed by atoms with Crippen LogP contribution in [-0.4, -0.2) is 11.1 Å². The fourth-order valence-corrected chi connectivity index (χ4v) is 2.02. The van der Waals surface area contributed by atoms with Crippen LogP contribution in [-0.2, 0) is 6.54 Å². The Morgan fingerprint density at radius 2 is 1.81 bits per heavy atom. The molecule has 7 heteroatoms. The maximum atomic E-state index is 13.6. The van der Waals surface area contributed by atoms with E-state index in [2.05, 4.69) is 5.32 Å². The molecule has 0 heterocycles. The van der Waals surface area contributed by atoms with Gasteiger partial charge in [-0.25, -0.2) is 13.6 Å². The van der Waals surface area contributed by atoms with Gasteiger partial charge in [0, 0.05) is 12.6 Å². The van der Waals surface area contributed by atoms with Crippen molar-refractivity contribution < 1.29 is 18.7 Å². The lowest BCUT2D eigenvalue weighted by atomic mass is 10.1. The molecule has 110 valence electrons. The van der Waals surface area contributed by atoms with Crippen molar-refractivity contribution in [3.8, 4) is 0 Å². The lowest BCUT2D eigenvalue weighted by Crippen LogP contribution is -2.06. The molecule has 2 aromatic carbocycles. The molecule has 0 unspecified atom stereocenters. The fourth-order valence-electron chi connectivity index (χ4n) is 1.70. The van der Waals surface area contributed by atoms with E-state index in [0.29, 0.717) is 21.7 Å². The van der Waals surface area contributed by atoms with E-state index in [1.165, 1.54) is 0 Å². The number of hydrogen-bond acceptors (Lipinski definition) is 2. The van der Waals surface area contributed by atoms with Gasteiger partial charge in [0.25, 0.3) is 0 Å². The van der Waals surface area contributed by atoms with Crippen LogP contribution in [0.1, 0.15) is 15.9 Å². The zero-order valence-electron chi connectivity index (χ0n) is 10.5. The molecule has 0 fully saturated rings. The average Bonchev–Trinajstić information content (AvgIpc) is 2.41. The standard InChI is InChI=1S/C14H9Cl2F2NO2/c15-9-2-1-7(3-10(9)16)6-19-13-4-8(14(20)21)11(17)5-12(13)18/h1-5,19H,6H2,(H,20,21). The second-order valence-corrected chi connectivity index (χ2v) is 5.03. The number of hydrogen-bond donors (Lipinski definition) is 2. The Labute approximate surface area is 129 Å². The summed E-state index contributed by atoms with van der Waals surface area (Å²) < 4.78 is 26.9. The van der Waals surface area contributed by atoms with Gasteiger partial charge in [-0.1, -0.05) is 29.3 Å². The number of carboxylic acids is 1. The van der Waals surface area contributed by atoms with E-state index < -0.39 is 23.2 Å². The summed E-state index contributed by atoms with van der Waals surface area (Å²) in [5, 5.41) is 12.2. The summed E-state index contributed by atoms with van der Waals surface area (Å²) in [6.07, 6.45) is 0. The van der Waals surface area contributed by atoms with E-state index >= 15 is 0 Å². The predicted octanol–water partition coefficient (Wildman–Crippen LogP) is 4.58. The third-order valence-corrected chi connectivity index (χ3v) is 3.49. The topological polar surface area (TPSA) is 49.3 Å². The van der Waals surface area contributed by atoms with E-state index in [0.717, 1.165) is 6.07 Å². The molecule has 0 atom stereocenters. The Kier molecular flexibility index (Phi) is 4.65. The van der Waals surface area contributed by atoms with Gasteiger partial charge in [0.15, 0.2) is 0 Å². The van der Waals surface area contributed by atoms with Crippen LogP contribution in [0.25, 0.3) is 0 Å². The second-order valence-electron chi connectivity index (χ2n) is 4.22. The molecule has 0 bridgehead atoms. The van der Waals surface area contributed by atoms with Gasteiger partial charge in [-0.3, -0.25) is 0 Å². The number of rotatable bonds is 4. The third-order valence-electron chi connectivity index (χ3n) is 2.75. The van der Waals surface area contributed by atoms with E-state index in [1.807, 2.05) is 0 Å². The van der Waals surface area contributed by atoms with Gasteiger partial charge in [-0.2, -0.15) is 0 Å². The number of aromatic carboxylic acids is 1. The van der Waals surface area contributed by atoms with Crippen molar-refractivity contribution in [2.45, 2.75) is 6.54 Å². The summed E-state index contributed by atoms with van der Waals surface area (Å²) in [5.41, 5.74) is -0.00193. The van der Waals surface area contributed by atoms with Crippen molar-refractivity contribution in [1.82, 2.24) is 0 Å². The number of carbonyl (C=O) groups is 1. The molecule has 0 saturated heterocycles. The molecular formula is C14H9Cl2F2NO2. The van der Waals surface area contributed by atoms with Gasteiger partial charge in [0.2, 0.25) is 0 Å². The van der Waals surface area contributed by atoms with Gasteiger partial charge in [0.05, 0.1) is 21.3 Å². The highest BCUT2D eigenvalue weighted by Gasteiger charge is 2.15. The molecule has 0 aliphatic heterocycles. The zero-order valence-corrected chi connectivity index (χ0v) is 12.0. The molecule has 2 N–H and O–H groups in total. The third kappa shape index (κ3) is 3.62. The Bertz CT molecular complexity index is 708. The smallest absolute Gasteiger partial charge is 0.338 e.